The van der Waals surface area contributed by atoms with Gasteiger partial charge in [-0.3, -0.25) is 9.59 Å². The molecule has 0 saturated carbocycles. The highest BCUT2D eigenvalue weighted by molar-refractivity contribution is 6.00. The van der Waals surface area contributed by atoms with E-state index in [9.17, 15) is 18.4 Å². The lowest BCUT2D eigenvalue weighted by atomic mass is 10.1. The maximum Gasteiger partial charge on any atom is 0.227 e. The Labute approximate surface area is 149 Å². The van der Waals surface area contributed by atoms with Crippen LogP contribution in [-0.4, -0.2) is 31.5 Å². The van der Waals surface area contributed by atoms with Crippen LogP contribution in [0.5, 0.6) is 5.75 Å². The maximum absolute atomic E-state index is 13.8. The monoisotopic (exact) mass is 360 g/mol. The summed E-state index contributed by atoms with van der Waals surface area (Å²) in [5.41, 5.74) is 0.187. The largest absolute Gasteiger partial charge is 0.492 e. The Balaban J connectivity index is 1.47. The van der Waals surface area contributed by atoms with Gasteiger partial charge in [-0.15, -0.1) is 0 Å². The van der Waals surface area contributed by atoms with Crippen molar-refractivity contribution >= 4 is 17.5 Å². The van der Waals surface area contributed by atoms with E-state index in [4.69, 9.17) is 4.74 Å². The Kier molecular flexibility index (Phi) is 5.46. The third-order valence-corrected chi connectivity index (χ3v) is 4.12. The van der Waals surface area contributed by atoms with Crippen molar-refractivity contribution in [3.8, 4) is 5.75 Å². The number of halogens is 2. The Hall–Kier alpha value is -2.96. The van der Waals surface area contributed by atoms with Gasteiger partial charge in [0.15, 0.2) is 0 Å². The van der Waals surface area contributed by atoms with E-state index in [1.807, 2.05) is 0 Å². The summed E-state index contributed by atoms with van der Waals surface area (Å²) in [5, 5.41) is 2.70. The fourth-order valence-electron chi connectivity index (χ4n) is 2.80. The van der Waals surface area contributed by atoms with Gasteiger partial charge in [0, 0.05) is 13.0 Å². The summed E-state index contributed by atoms with van der Waals surface area (Å²) in [6.07, 6.45) is 0.0407. The molecule has 1 fully saturated rings. The molecule has 1 atom stereocenters. The van der Waals surface area contributed by atoms with Crippen LogP contribution in [0.25, 0.3) is 0 Å². The number of nitrogens with one attached hydrogen (secondary N) is 1. The van der Waals surface area contributed by atoms with Crippen molar-refractivity contribution in [3.63, 3.8) is 0 Å². The van der Waals surface area contributed by atoms with Gasteiger partial charge in [0.25, 0.3) is 0 Å². The van der Waals surface area contributed by atoms with Gasteiger partial charge in [-0.2, -0.15) is 0 Å². The molecular weight excluding hydrogens is 342 g/mol. The molecule has 0 bridgehead atoms. The lowest BCUT2D eigenvalue weighted by Crippen LogP contribution is -2.35. The summed E-state index contributed by atoms with van der Waals surface area (Å²) in [5.74, 6) is -1.43. The molecule has 136 valence electrons. The fraction of sp³-hybridized carbons (Fsp3) is 0.263. The second-order valence-corrected chi connectivity index (χ2v) is 5.95. The summed E-state index contributed by atoms with van der Waals surface area (Å²) in [4.78, 5) is 25.6. The van der Waals surface area contributed by atoms with E-state index in [2.05, 4.69) is 5.32 Å². The first-order valence-electron chi connectivity index (χ1n) is 8.25. The number of hydrogen-bond donors (Lipinski definition) is 1. The van der Waals surface area contributed by atoms with Crippen LogP contribution in [0.2, 0.25) is 0 Å². The summed E-state index contributed by atoms with van der Waals surface area (Å²) in [6.45, 7) is 0.611. The SMILES string of the molecule is O=C(NCCOc1ccc(F)cc1)[C@H]1CC(=O)N(c2ccccc2F)C1. The average Bonchev–Trinajstić information content (AvgIpc) is 3.02. The number of rotatable bonds is 6. The molecule has 1 aliphatic heterocycles. The number of carbonyl (C=O) groups excluding carboxylic acids is 2. The van der Waals surface area contributed by atoms with Crippen LogP contribution in [0.3, 0.4) is 0 Å². The van der Waals surface area contributed by atoms with E-state index in [1.54, 1.807) is 12.1 Å². The average molecular weight is 360 g/mol. The van der Waals surface area contributed by atoms with E-state index in [0.717, 1.165) is 0 Å². The van der Waals surface area contributed by atoms with Crippen molar-refractivity contribution in [2.75, 3.05) is 24.6 Å². The molecule has 0 aliphatic carbocycles. The summed E-state index contributed by atoms with van der Waals surface area (Å²) < 4.78 is 32.0. The highest BCUT2D eigenvalue weighted by atomic mass is 19.1. The second kappa shape index (κ2) is 7.95. The number of hydrogen-bond acceptors (Lipinski definition) is 3. The third-order valence-electron chi connectivity index (χ3n) is 4.12. The van der Waals surface area contributed by atoms with Crippen molar-refractivity contribution in [2.24, 2.45) is 5.92 Å². The minimum atomic E-state index is -0.534. The van der Waals surface area contributed by atoms with E-state index in [0.29, 0.717) is 5.75 Å². The molecule has 1 aliphatic rings. The van der Waals surface area contributed by atoms with Gasteiger partial charge in [-0.05, 0) is 36.4 Å². The Morgan fingerprint density at radius 2 is 1.88 bits per heavy atom. The summed E-state index contributed by atoms with van der Waals surface area (Å²) >= 11 is 0. The summed E-state index contributed by atoms with van der Waals surface area (Å²) in [7, 11) is 0. The molecule has 1 heterocycles. The van der Waals surface area contributed by atoms with Crippen LogP contribution in [0, 0.1) is 17.6 Å². The standard InChI is InChI=1S/C19H18F2N2O3/c20-14-5-7-15(8-6-14)26-10-9-22-19(25)13-11-18(24)23(12-13)17-4-2-1-3-16(17)21/h1-8,13H,9-12H2,(H,22,25)/t13-/m0/s1. The molecule has 2 amide bonds. The highest BCUT2D eigenvalue weighted by Crippen LogP contribution is 2.27. The van der Waals surface area contributed by atoms with Gasteiger partial charge in [0.1, 0.15) is 24.0 Å². The van der Waals surface area contributed by atoms with Gasteiger partial charge in [0.2, 0.25) is 11.8 Å². The number of nitrogens with zero attached hydrogens (tertiary/aromatic N) is 1. The van der Waals surface area contributed by atoms with Crippen molar-refractivity contribution in [1.82, 2.24) is 5.32 Å². The Morgan fingerprint density at radius 3 is 2.62 bits per heavy atom. The zero-order chi connectivity index (χ0) is 18.5. The number of para-hydroxylation sites is 1. The molecule has 0 radical (unpaired) electrons. The van der Waals surface area contributed by atoms with E-state index >= 15 is 0 Å². The van der Waals surface area contributed by atoms with E-state index < -0.39 is 11.7 Å². The first-order chi connectivity index (χ1) is 12.5. The molecule has 7 heteroatoms. The molecule has 1 N–H and O–H groups in total. The number of anilines is 1. The van der Waals surface area contributed by atoms with Gasteiger partial charge >= 0.3 is 0 Å². The normalized spacial score (nSPS) is 16.6. The molecule has 5 nitrogen and oxygen atoms in total. The summed E-state index contributed by atoms with van der Waals surface area (Å²) in [6, 6.07) is 11.6. The van der Waals surface area contributed by atoms with Gasteiger partial charge in [-0.1, -0.05) is 12.1 Å². The zero-order valence-corrected chi connectivity index (χ0v) is 14.0. The van der Waals surface area contributed by atoms with Crippen molar-refractivity contribution in [2.45, 2.75) is 6.42 Å². The number of carbonyl (C=O) groups is 2. The topological polar surface area (TPSA) is 58.6 Å². The van der Waals surface area contributed by atoms with Crippen molar-refractivity contribution < 1.29 is 23.1 Å². The molecule has 0 aromatic heterocycles. The maximum atomic E-state index is 13.8. The Bertz CT molecular complexity index is 796. The third kappa shape index (κ3) is 4.17. The molecule has 2 aromatic carbocycles. The molecule has 0 spiro atoms. The number of amides is 2. The lowest BCUT2D eigenvalue weighted by Gasteiger charge is -2.17. The van der Waals surface area contributed by atoms with Gasteiger partial charge in [-0.25, -0.2) is 8.78 Å². The van der Waals surface area contributed by atoms with Gasteiger partial charge < -0.3 is 15.0 Å². The number of benzene rings is 2. The lowest BCUT2D eigenvalue weighted by molar-refractivity contribution is -0.126. The predicted octanol–water partition coefficient (Wildman–Crippen LogP) is 2.51. The van der Waals surface area contributed by atoms with E-state index in [-0.39, 0.29) is 49.4 Å². The zero-order valence-electron chi connectivity index (χ0n) is 14.0. The molecule has 26 heavy (non-hydrogen) atoms. The van der Waals surface area contributed by atoms with Crippen LogP contribution in [0.15, 0.2) is 48.5 Å². The van der Waals surface area contributed by atoms with Crippen LogP contribution in [0.1, 0.15) is 6.42 Å². The van der Waals surface area contributed by atoms with Crippen LogP contribution < -0.4 is 15.0 Å². The van der Waals surface area contributed by atoms with Gasteiger partial charge in [0.05, 0.1) is 18.2 Å². The molecule has 1 saturated heterocycles. The predicted molar refractivity (Wildman–Crippen MR) is 91.8 cm³/mol. The number of ether oxygens (including phenoxy) is 1. The minimum absolute atomic E-state index is 0.0407. The van der Waals surface area contributed by atoms with Crippen molar-refractivity contribution in [1.29, 1.82) is 0 Å². The first kappa shape index (κ1) is 17.8. The molecule has 3 rings (SSSR count). The van der Waals surface area contributed by atoms with Crippen LogP contribution in [-0.2, 0) is 9.59 Å². The van der Waals surface area contributed by atoms with Crippen LogP contribution >= 0.6 is 0 Å². The molecular formula is C19H18F2N2O3. The highest BCUT2D eigenvalue weighted by Gasteiger charge is 2.35. The fourth-order valence-corrected chi connectivity index (χ4v) is 2.80. The second-order valence-electron chi connectivity index (χ2n) is 5.95. The molecule has 2 aromatic rings. The first-order valence-corrected chi connectivity index (χ1v) is 8.25. The quantitative estimate of drug-likeness (QED) is 0.806. The molecule has 0 unspecified atom stereocenters. The van der Waals surface area contributed by atoms with Crippen molar-refractivity contribution in [3.05, 3.63) is 60.2 Å². The van der Waals surface area contributed by atoms with Crippen LogP contribution in [0.4, 0.5) is 14.5 Å². The Morgan fingerprint density at radius 1 is 1.15 bits per heavy atom. The minimum Gasteiger partial charge on any atom is -0.492 e. The van der Waals surface area contributed by atoms with E-state index in [1.165, 1.54) is 41.3 Å². The smallest absolute Gasteiger partial charge is 0.227 e.